The Balaban J connectivity index is 0.000000158. The van der Waals surface area contributed by atoms with E-state index in [4.69, 9.17) is 40.9 Å². The van der Waals surface area contributed by atoms with Crippen molar-refractivity contribution in [3.63, 3.8) is 0 Å². The predicted octanol–water partition coefficient (Wildman–Crippen LogP) is 2.67. The number of imidazole rings is 2. The Morgan fingerprint density at radius 1 is 0.603 bits per heavy atom. The number of rotatable bonds is 8. The van der Waals surface area contributed by atoms with Crippen LogP contribution in [0, 0.1) is 0 Å². The van der Waals surface area contributed by atoms with Crippen LogP contribution in [0.5, 0.6) is 0 Å². The number of hydrogen-bond acceptors (Lipinski definition) is 20. The number of carbonyl (C=O) groups excluding carboxylic acids is 1. The van der Waals surface area contributed by atoms with Gasteiger partial charge in [0.05, 0.1) is 43.1 Å². The summed E-state index contributed by atoms with van der Waals surface area (Å²) < 4.78 is 96.4. The smallest absolute Gasteiger partial charge is 0.378 e. The number of nitrogens with one attached hydrogen (secondary N) is 1. The first-order valence-corrected chi connectivity index (χ1v) is 24.0. The van der Waals surface area contributed by atoms with Crippen LogP contribution in [-0.4, -0.2) is 185 Å². The number of fused-ring (bicyclic) bond motifs is 2. The van der Waals surface area contributed by atoms with Crippen LogP contribution in [0.1, 0.15) is 32.6 Å². The first-order chi connectivity index (χ1) is 34.9. The molecule has 0 radical (unpaired) electrons. The molecule has 6 aromatic heterocycles. The van der Waals surface area contributed by atoms with Crippen molar-refractivity contribution in [2.24, 2.45) is 0 Å². The Kier molecular flexibility index (Phi) is 12.2. The number of alkyl halides is 6. The van der Waals surface area contributed by atoms with Gasteiger partial charge in [0.15, 0.2) is 45.6 Å². The van der Waals surface area contributed by atoms with Crippen LogP contribution in [-0.2, 0) is 27.4 Å². The highest BCUT2D eigenvalue weighted by atomic mass is 19.4. The number of anilines is 6. The molecule has 12 rings (SSSR count). The number of halogens is 6. The monoisotopic (exact) mass is 1020 g/mol. The normalized spacial score (nSPS) is 19.7. The summed E-state index contributed by atoms with van der Waals surface area (Å²) in [7, 11) is 0. The van der Waals surface area contributed by atoms with Crippen molar-refractivity contribution >= 4 is 63.7 Å². The van der Waals surface area contributed by atoms with Gasteiger partial charge in [-0.25, -0.2) is 49.8 Å². The van der Waals surface area contributed by atoms with Crippen LogP contribution >= 0.6 is 0 Å². The van der Waals surface area contributed by atoms with Crippen molar-refractivity contribution in [3.8, 4) is 22.8 Å². The molecule has 73 heavy (non-hydrogen) atoms. The van der Waals surface area contributed by atoms with Crippen LogP contribution < -0.4 is 36.4 Å². The van der Waals surface area contributed by atoms with Crippen molar-refractivity contribution in [1.29, 1.82) is 0 Å². The fraction of sp³-hybridized carbons (Fsp3) is 0.568. The van der Waals surface area contributed by atoms with Crippen molar-refractivity contribution in [3.05, 3.63) is 24.8 Å². The predicted molar refractivity (Wildman–Crippen MR) is 253 cm³/mol. The van der Waals surface area contributed by atoms with E-state index in [1.54, 1.807) is 0 Å². The lowest BCUT2D eigenvalue weighted by molar-refractivity contribution is -0.140. The van der Waals surface area contributed by atoms with Gasteiger partial charge in [-0.1, -0.05) is 0 Å². The Morgan fingerprint density at radius 3 is 1.47 bits per heavy atom. The van der Waals surface area contributed by atoms with E-state index in [-0.39, 0.29) is 69.2 Å². The maximum Gasteiger partial charge on any atom is 0.406 e. The molecule has 29 heteroatoms. The molecular weight excluding hydrogens is 971 g/mol. The summed E-state index contributed by atoms with van der Waals surface area (Å²) in [5, 5.41) is 3.49. The van der Waals surface area contributed by atoms with Crippen molar-refractivity contribution in [2.75, 3.05) is 123 Å². The van der Waals surface area contributed by atoms with Gasteiger partial charge in [0.25, 0.3) is 0 Å². The standard InChI is InChI=1S/C23H27F3N10O2.C21H25F3N10O/c1-14(37)36-5-4-34(12-22(36)2-3-22)21-30-16-18(33-6-8-38-9-7-33)31-17(15-10-28-20(27)29-11-15)32-19(16)35(21)13-23(24,25)26;22-21(23,24)12-34-17-14(29-19(34)33-4-3-28-20(11-33)1-2-20)16(32-5-7-35-8-6-32)30-15(31-17)13-9-26-18(25)27-10-13/h10-11H,2-9,12-13H2,1H3,(H2,27,28,29);9-10,28H,1-8,11-12H2,(H2,25,26,27). The molecule has 4 aliphatic heterocycles. The van der Waals surface area contributed by atoms with Crippen LogP contribution in [0.3, 0.4) is 0 Å². The van der Waals surface area contributed by atoms with E-state index in [1.165, 1.54) is 36.3 Å². The SMILES string of the molecule is CC(=O)N1CCN(c2nc3c(N4CCOCC4)nc(-c4cnc(N)nc4)nc3n2CC(F)(F)F)CC12CC2.Nc1ncc(-c2nc(N3CCOCC3)c3nc(N4CCNC5(CC5)C4)n(CC(F)(F)F)c3n2)cn1. The molecule has 1 amide bonds. The second-order valence-corrected chi connectivity index (χ2v) is 19.1. The second kappa shape index (κ2) is 18.5. The van der Waals surface area contributed by atoms with Crippen LogP contribution in [0.4, 0.5) is 61.8 Å². The molecule has 6 aromatic rings. The highest BCUT2D eigenvalue weighted by Gasteiger charge is 2.53. The topological polar surface area (TPSA) is 255 Å². The van der Waals surface area contributed by atoms with E-state index in [2.05, 4.69) is 35.2 Å². The zero-order valence-corrected chi connectivity index (χ0v) is 39.7. The molecule has 388 valence electrons. The molecule has 5 N–H and O–H groups in total. The van der Waals surface area contributed by atoms with E-state index in [1.807, 2.05) is 24.5 Å². The van der Waals surface area contributed by atoms with Gasteiger partial charge in [0.2, 0.25) is 29.7 Å². The van der Waals surface area contributed by atoms with Gasteiger partial charge < -0.3 is 50.8 Å². The number of nitrogen functional groups attached to an aromatic ring is 2. The lowest BCUT2D eigenvalue weighted by Crippen LogP contribution is -2.57. The summed E-state index contributed by atoms with van der Waals surface area (Å²) in [6.45, 7) is 6.08. The number of amides is 1. The fourth-order valence-corrected chi connectivity index (χ4v) is 10.1. The third kappa shape index (κ3) is 9.95. The summed E-state index contributed by atoms with van der Waals surface area (Å²) >= 11 is 0. The number of nitrogens with two attached hydrogens (primary N) is 2. The van der Waals surface area contributed by atoms with Gasteiger partial charge in [0, 0.05) is 103 Å². The molecule has 4 saturated heterocycles. The third-order valence-corrected chi connectivity index (χ3v) is 13.9. The van der Waals surface area contributed by atoms with E-state index >= 15 is 0 Å². The average molecular weight is 1020 g/mol. The average Bonchev–Trinajstić information content (AvgIpc) is 4.24. The number of hydrogen-bond donors (Lipinski definition) is 3. The first kappa shape index (κ1) is 48.3. The van der Waals surface area contributed by atoms with Gasteiger partial charge in [-0.15, -0.1) is 0 Å². The lowest BCUT2D eigenvalue weighted by atomic mass is 10.1. The number of piperazine rings is 2. The summed E-state index contributed by atoms with van der Waals surface area (Å²) in [5.74, 6) is 1.84. The number of aromatic nitrogens is 12. The van der Waals surface area contributed by atoms with E-state index in [0.29, 0.717) is 120 Å². The summed E-state index contributed by atoms with van der Waals surface area (Å²) in [6, 6.07) is 0. The molecule has 2 spiro atoms. The van der Waals surface area contributed by atoms with Crippen LogP contribution in [0.25, 0.3) is 45.1 Å². The molecule has 10 heterocycles. The Bertz CT molecular complexity index is 3000. The van der Waals surface area contributed by atoms with Crippen LogP contribution in [0.2, 0.25) is 0 Å². The van der Waals surface area contributed by atoms with Gasteiger partial charge >= 0.3 is 12.4 Å². The van der Waals surface area contributed by atoms with Crippen molar-refractivity contribution in [2.45, 2.75) is 69.1 Å². The minimum atomic E-state index is -4.52. The minimum absolute atomic E-state index is 0.0261. The highest BCUT2D eigenvalue weighted by molar-refractivity contribution is 5.89. The number of morpholine rings is 2. The largest absolute Gasteiger partial charge is 0.406 e. The number of carbonyl (C=O) groups is 1. The van der Waals surface area contributed by atoms with Gasteiger partial charge in [-0.3, -0.25) is 13.9 Å². The zero-order valence-electron chi connectivity index (χ0n) is 39.7. The molecule has 23 nitrogen and oxygen atoms in total. The Hall–Kier alpha value is -7.01. The van der Waals surface area contributed by atoms with Crippen LogP contribution in [0.15, 0.2) is 24.8 Å². The maximum absolute atomic E-state index is 13.9. The van der Waals surface area contributed by atoms with Crippen molar-refractivity contribution in [1.82, 2.24) is 69.2 Å². The summed E-state index contributed by atoms with van der Waals surface area (Å²) in [6.07, 6.45) is 0.455. The molecule has 0 bridgehead atoms. The molecule has 2 aliphatic carbocycles. The summed E-state index contributed by atoms with van der Waals surface area (Å²) in [5.41, 5.74) is 12.5. The van der Waals surface area contributed by atoms with Gasteiger partial charge in [-0.2, -0.15) is 26.3 Å². The minimum Gasteiger partial charge on any atom is -0.378 e. The molecule has 6 fully saturated rings. The maximum atomic E-state index is 13.9. The number of nitrogens with zero attached hydrogens (tertiary/aromatic N) is 17. The van der Waals surface area contributed by atoms with Gasteiger partial charge in [-0.05, 0) is 25.7 Å². The first-order valence-electron chi connectivity index (χ1n) is 24.0. The zero-order chi connectivity index (χ0) is 50.9. The molecule has 0 unspecified atom stereocenters. The molecular formula is C44H52F6N20O3. The molecule has 2 saturated carbocycles. The van der Waals surface area contributed by atoms with Crippen molar-refractivity contribution < 1.29 is 40.6 Å². The Morgan fingerprint density at radius 2 is 1.05 bits per heavy atom. The fourth-order valence-electron chi connectivity index (χ4n) is 10.1. The Labute approximate surface area is 412 Å². The second-order valence-electron chi connectivity index (χ2n) is 19.1. The molecule has 6 aliphatic rings. The quantitative estimate of drug-likeness (QED) is 0.185. The number of ether oxygens (including phenoxy) is 2. The summed E-state index contributed by atoms with van der Waals surface area (Å²) in [4.78, 5) is 65.7. The van der Waals surface area contributed by atoms with E-state index < -0.39 is 25.4 Å². The van der Waals surface area contributed by atoms with Gasteiger partial charge in [0.1, 0.15) is 13.1 Å². The molecule has 0 atom stereocenters. The van der Waals surface area contributed by atoms with E-state index in [0.717, 1.165) is 30.3 Å². The highest BCUT2D eigenvalue weighted by Crippen LogP contribution is 2.46. The lowest BCUT2D eigenvalue weighted by Gasteiger charge is -2.42. The third-order valence-electron chi connectivity index (χ3n) is 13.9. The molecule has 0 aromatic carbocycles. The van der Waals surface area contributed by atoms with E-state index in [9.17, 15) is 31.1 Å².